The van der Waals surface area contributed by atoms with Gasteiger partial charge in [0.05, 0.1) is 12.2 Å². The number of carbonyl (C=O) groups is 1. The number of benzene rings is 1. The minimum atomic E-state index is -5.08. The van der Waals surface area contributed by atoms with Crippen LogP contribution in [-0.2, 0) is 18.4 Å². The van der Waals surface area contributed by atoms with E-state index in [9.17, 15) is 18.0 Å². The standard InChI is InChI=1S/C19H22ClN5O.C2HF3O2/c1-23-18-17(16(8-9-22-18)24-10-4-6-14(21)12-24)25(19(23)26)11-13-5-2-3-7-15(13)20;3-2(4,5)1(6)7/h2-3,5,7-9,14H,4,6,10-12,21H2,1H3;(H,6,7)/t14-;/m1./s1. The Labute approximate surface area is 192 Å². The number of alkyl halides is 3. The number of aliphatic carboxylic acids is 1. The third kappa shape index (κ3) is 5.48. The van der Waals surface area contributed by atoms with Crippen LogP contribution in [0.5, 0.6) is 0 Å². The minimum Gasteiger partial charge on any atom is -0.475 e. The average Bonchev–Trinajstić information content (AvgIpc) is 3.00. The van der Waals surface area contributed by atoms with Crippen molar-refractivity contribution in [1.29, 1.82) is 0 Å². The molecule has 3 aromatic rings. The van der Waals surface area contributed by atoms with Crippen LogP contribution in [0.3, 0.4) is 0 Å². The SMILES string of the molecule is Cn1c(=O)n(Cc2ccccc2Cl)c2c(N3CCC[C@@H](N)C3)ccnc21.O=C(O)C(F)(F)F. The molecule has 0 radical (unpaired) electrons. The fraction of sp³-hybridized carbons (Fsp3) is 0.381. The number of hydrogen-bond acceptors (Lipinski definition) is 5. The van der Waals surface area contributed by atoms with Crippen LogP contribution in [0.4, 0.5) is 18.9 Å². The first-order valence-corrected chi connectivity index (χ1v) is 10.5. The molecule has 0 unspecified atom stereocenters. The Morgan fingerprint density at radius 3 is 2.58 bits per heavy atom. The predicted octanol–water partition coefficient (Wildman–Crippen LogP) is 3.00. The number of anilines is 1. The molecule has 1 aliphatic rings. The van der Waals surface area contributed by atoms with Crippen molar-refractivity contribution in [3.05, 3.63) is 57.6 Å². The maximum Gasteiger partial charge on any atom is 0.490 e. The molecule has 1 fully saturated rings. The molecule has 1 aromatic carbocycles. The molecule has 178 valence electrons. The number of nitrogens with zero attached hydrogens (tertiary/aromatic N) is 4. The van der Waals surface area contributed by atoms with E-state index < -0.39 is 12.1 Å². The van der Waals surface area contributed by atoms with Crippen molar-refractivity contribution in [1.82, 2.24) is 14.1 Å². The van der Waals surface area contributed by atoms with Gasteiger partial charge in [0.15, 0.2) is 5.65 Å². The first-order valence-electron chi connectivity index (χ1n) is 10.1. The van der Waals surface area contributed by atoms with Crippen LogP contribution in [0.15, 0.2) is 41.3 Å². The Kier molecular flexibility index (Phi) is 7.33. The van der Waals surface area contributed by atoms with Crippen molar-refractivity contribution >= 4 is 34.4 Å². The molecule has 33 heavy (non-hydrogen) atoms. The lowest BCUT2D eigenvalue weighted by molar-refractivity contribution is -0.192. The highest BCUT2D eigenvalue weighted by Gasteiger charge is 2.38. The lowest BCUT2D eigenvalue weighted by atomic mass is 10.1. The molecule has 0 amide bonds. The third-order valence-electron chi connectivity index (χ3n) is 5.32. The van der Waals surface area contributed by atoms with Gasteiger partial charge < -0.3 is 15.7 Å². The van der Waals surface area contributed by atoms with Gasteiger partial charge in [-0.25, -0.2) is 14.6 Å². The Hall–Kier alpha value is -3.05. The van der Waals surface area contributed by atoms with Gasteiger partial charge in [0.1, 0.15) is 5.52 Å². The van der Waals surface area contributed by atoms with Crippen molar-refractivity contribution in [2.24, 2.45) is 12.8 Å². The number of nitrogens with two attached hydrogens (primary N) is 1. The van der Waals surface area contributed by atoms with E-state index in [0.717, 1.165) is 42.7 Å². The number of carboxylic acids is 1. The fourth-order valence-electron chi connectivity index (χ4n) is 3.73. The molecule has 0 spiro atoms. The molecule has 1 aliphatic heterocycles. The lowest BCUT2D eigenvalue weighted by Crippen LogP contribution is -2.43. The molecule has 4 rings (SSSR count). The number of aromatic nitrogens is 3. The number of hydrogen-bond donors (Lipinski definition) is 2. The van der Waals surface area contributed by atoms with Crippen LogP contribution in [0.2, 0.25) is 5.02 Å². The van der Waals surface area contributed by atoms with Gasteiger partial charge in [-0.2, -0.15) is 13.2 Å². The van der Waals surface area contributed by atoms with Gasteiger partial charge in [-0.15, -0.1) is 0 Å². The van der Waals surface area contributed by atoms with Gasteiger partial charge in [-0.3, -0.25) is 9.13 Å². The Bertz CT molecular complexity index is 1210. The molecule has 3 N–H and O–H groups in total. The molecule has 0 saturated carbocycles. The second-order valence-corrected chi connectivity index (χ2v) is 8.08. The normalized spacial score (nSPS) is 16.4. The number of aryl methyl sites for hydroxylation is 1. The van der Waals surface area contributed by atoms with E-state index in [0.29, 0.717) is 17.2 Å². The minimum absolute atomic E-state index is 0.0961. The number of halogens is 4. The summed E-state index contributed by atoms with van der Waals surface area (Å²) in [7, 11) is 1.76. The molecular formula is C21H23ClF3N5O3. The zero-order chi connectivity index (χ0) is 24.3. The average molecular weight is 486 g/mol. The molecule has 3 heterocycles. The van der Waals surface area contributed by atoms with Crippen LogP contribution in [-0.4, -0.2) is 50.5 Å². The first-order chi connectivity index (χ1) is 15.5. The summed E-state index contributed by atoms with van der Waals surface area (Å²) in [5, 5.41) is 7.78. The largest absolute Gasteiger partial charge is 0.490 e. The fourth-order valence-corrected chi connectivity index (χ4v) is 3.93. The molecule has 1 saturated heterocycles. The van der Waals surface area contributed by atoms with Crippen LogP contribution in [0, 0.1) is 0 Å². The Morgan fingerprint density at radius 2 is 1.97 bits per heavy atom. The summed E-state index contributed by atoms with van der Waals surface area (Å²) in [6, 6.07) is 9.73. The van der Waals surface area contributed by atoms with Crippen molar-refractivity contribution in [2.75, 3.05) is 18.0 Å². The zero-order valence-electron chi connectivity index (χ0n) is 17.7. The van der Waals surface area contributed by atoms with Gasteiger partial charge in [-0.1, -0.05) is 29.8 Å². The molecule has 2 aromatic heterocycles. The van der Waals surface area contributed by atoms with Crippen LogP contribution in [0.25, 0.3) is 11.2 Å². The van der Waals surface area contributed by atoms with Crippen LogP contribution >= 0.6 is 11.6 Å². The van der Waals surface area contributed by atoms with Crippen molar-refractivity contribution in [3.63, 3.8) is 0 Å². The molecule has 12 heteroatoms. The van der Waals surface area contributed by atoms with Crippen molar-refractivity contribution in [2.45, 2.75) is 31.6 Å². The lowest BCUT2D eigenvalue weighted by Gasteiger charge is -2.33. The smallest absolute Gasteiger partial charge is 0.475 e. The number of carboxylic acid groups (broad SMARTS) is 1. The molecule has 8 nitrogen and oxygen atoms in total. The monoisotopic (exact) mass is 485 g/mol. The summed E-state index contributed by atoms with van der Waals surface area (Å²) < 4.78 is 35.1. The highest BCUT2D eigenvalue weighted by molar-refractivity contribution is 6.31. The molecule has 0 bridgehead atoms. The quantitative estimate of drug-likeness (QED) is 0.590. The summed E-state index contributed by atoms with van der Waals surface area (Å²) in [6.07, 6.45) is -1.24. The van der Waals surface area contributed by atoms with Gasteiger partial charge in [-0.05, 0) is 30.5 Å². The predicted molar refractivity (Wildman–Crippen MR) is 119 cm³/mol. The van der Waals surface area contributed by atoms with E-state index in [4.69, 9.17) is 27.2 Å². The maximum atomic E-state index is 12.9. The maximum absolute atomic E-state index is 12.9. The second kappa shape index (κ2) is 9.84. The van der Waals surface area contributed by atoms with E-state index in [2.05, 4.69) is 9.88 Å². The van der Waals surface area contributed by atoms with Gasteiger partial charge in [0.2, 0.25) is 0 Å². The van der Waals surface area contributed by atoms with E-state index >= 15 is 0 Å². The van der Waals surface area contributed by atoms with Gasteiger partial charge >= 0.3 is 17.8 Å². The molecule has 0 aliphatic carbocycles. The highest BCUT2D eigenvalue weighted by atomic mass is 35.5. The number of rotatable bonds is 3. The van der Waals surface area contributed by atoms with Crippen molar-refractivity contribution < 1.29 is 23.1 Å². The summed E-state index contributed by atoms with van der Waals surface area (Å²) in [6.45, 7) is 2.13. The third-order valence-corrected chi connectivity index (χ3v) is 5.69. The van der Waals surface area contributed by atoms with Crippen LogP contribution in [0.1, 0.15) is 18.4 Å². The van der Waals surface area contributed by atoms with E-state index in [1.807, 2.05) is 30.3 Å². The summed E-state index contributed by atoms with van der Waals surface area (Å²) in [5.41, 5.74) is 9.52. The Balaban J connectivity index is 0.000000383. The zero-order valence-corrected chi connectivity index (χ0v) is 18.5. The van der Waals surface area contributed by atoms with Crippen molar-refractivity contribution in [3.8, 4) is 0 Å². The molecular weight excluding hydrogens is 463 g/mol. The second-order valence-electron chi connectivity index (χ2n) is 7.67. The highest BCUT2D eigenvalue weighted by Crippen LogP contribution is 2.28. The molecule has 1 atom stereocenters. The van der Waals surface area contributed by atoms with E-state index in [1.165, 1.54) is 0 Å². The van der Waals surface area contributed by atoms with Gasteiger partial charge in [0.25, 0.3) is 0 Å². The topological polar surface area (TPSA) is 106 Å². The number of piperidine rings is 1. The van der Waals surface area contributed by atoms with E-state index in [1.54, 1.807) is 22.4 Å². The number of pyridine rings is 1. The summed E-state index contributed by atoms with van der Waals surface area (Å²) in [4.78, 5) is 28.5. The Morgan fingerprint density at radius 1 is 1.30 bits per heavy atom. The van der Waals surface area contributed by atoms with Crippen LogP contribution < -0.4 is 16.3 Å². The first kappa shape index (κ1) is 24.6. The van der Waals surface area contributed by atoms with E-state index in [-0.39, 0.29) is 11.7 Å². The summed E-state index contributed by atoms with van der Waals surface area (Å²) in [5.74, 6) is -2.76. The number of fused-ring (bicyclic) bond motifs is 1. The van der Waals surface area contributed by atoms with Gasteiger partial charge in [0, 0.05) is 37.4 Å². The number of imidazole rings is 1. The summed E-state index contributed by atoms with van der Waals surface area (Å²) >= 11 is 6.33.